The average Bonchev–Trinajstić information content (AvgIpc) is 3.75. The number of para-hydroxylation sites is 2. The van der Waals surface area contributed by atoms with Crippen LogP contribution in [0.15, 0.2) is 176 Å². The van der Waals surface area contributed by atoms with Crippen molar-refractivity contribution in [2.45, 2.75) is 0 Å². The minimum absolute atomic E-state index is 0.717. The van der Waals surface area contributed by atoms with Crippen LogP contribution in [0.5, 0.6) is 0 Å². The van der Waals surface area contributed by atoms with Crippen molar-refractivity contribution in [2.75, 3.05) is 0 Å². The van der Waals surface area contributed by atoms with E-state index in [1.165, 1.54) is 58.8 Å². The zero-order chi connectivity index (χ0) is 33.0. The number of nitrogens with zero attached hydrogens (tertiary/aromatic N) is 3. The van der Waals surface area contributed by atoms with Crippen LogP contribution in [0, 0.1) is 0 Å². The standard InChI is InChI=1S/C46H29N3S/c1-4-13-31(14-5-1)39-29-40(32-15-6-2-7-16-32)48-46(47-39)33-25-23-30(24-26-33)35-20-12-21-36-37-27-28-42-43(45(37)50-44(35)36)38-19-10-11-22-41(38)49(42)34-17-8-3-9-18-34/h1-29H. The number of thiophene rings is 1. The maximum Gasteiger partial charge on any atom is 0.160 e. The normalized spacial score (nSPS) is 11.6. The van der Waals surface area contributed by atoms with Gasteiger partial charge in [-0.1, -0.05) is 146 Å². The molecule has 0 saturated heterocycles. The molecule has 3 heterocycles. The van der Waals surface area contributed by atoms with Gasteiger partial charge in [0, 0.05) is 53.3 Å². The molecule has 7 aromatic carbocycles. The van der Waals surface area contributed by atoms with Gasteiger partial charge in [0.15, 0.2) is 5.82 Å². The number of hydrogen-bond acceptors (Lipinski definition) is 3. The van der Waals surface area contributed by atoms with E-state index in [1.54, 1.807) is 0 Å². The lowest BCUT2D eigenvalue weighted by Gasteiger charge is -2.10. The van der Waals surface area contributed by atoms with Crippen LogP contribution in [0.3, 0.4) is 0 Å². The van der Waals surface area contributed by atoms with Crippen molar-refractivity contribution < 1.29 is 0 Å². The smallest absolute Gasteiger partial charge is 0.160 e. The average molecular weight is 656 g/mol. The Labute approximate surface area is 293 Å². The summed E-state index contributed by atoms with van der Waals surface area (Å²) in [6.45, 7) is 0. The van der Waals surface area contributed by atoms with Gasteiger partial charge in [-0.15, -0.1) is 11.3 Å². The third-order valence-corrected chi connectivity index (χ3v) is 10.9. The van der Waals surface area contributed by atoms with Gasteiger partial charge in [0.25, 0.3) is 0 Å². The fraction of sp³-hybridized carbons (Fsp3) is 0. The van der Waals surface area contributed by atoms with Crippen LogP contribution in [0.2, 0.25) is 0 Å². The second kappa shape index (κ2) is 11.7. The van der Waals surface area contributed by atoms with Gasteiger partial charge >= 0.3 is 0 Å². The Bertz CT molecular complexity index is 2780. The van der Waals surface area contributed by atoms with Crippen molar-refractivity contribution in [3.63, 3.8) is 0 Å². The molecule has 0 unspecified atom stereocenters. The fourth-order valence-electron chi connectivity index (χ4n) is 7.28. The van der Waals surface area contributed by atoms with Crippen LogP contribution in [-0.2, 0) is 0 Å². The molecule has 0 aliphatic heterocycles. The molecule has 0 aliphatic carbocycles. The maximum atomic E-state index is 5.05. The first-order valence-corrected chi connectivity index (χ1v) is 17.7. The lowest BCUT2D eigenvalue weighted by atomic mass is 10.0. The summed E-state index contributed by atoms with van der Waals surface area (Å²) < 4.78 is 5.02. The molecule has 3 nitrogen and oxygen atoms in total. The van der Waals surface area contributed by atoms with E-state index in [9.17, 15) is 0 Å². The first-order valence-electron chi connectivity index (χ1n) is 16.8. The molecular formula is C46H29N3S. The molecule has 0 N–H and O–H groups in total. The monoisotopic (exact) mass is 655 g/mol. The van der Waals surface area contributed by atoms with Crippen molar-refractivity contribution >= 4 is 53.3 Å². The Kier molecular flexibility index (Phi) is 6.68. The molecule has 0 atom stereocenters. The Hall–Kier alpha value is -6.36. The molecule has 3 aromatic heterocycles. The summed E-state index contributed by atoms with van der Waals surface area (Å²) in [5.74, 6) is 0.717. The van der Waals surface area contributed by atoms with Crippen molar-refractivity contribution in [3.8, 4) is 50.7 Å². The molecule has 0 saturated carbocycles. The van der Waals surface area contributed by atoms with E-state index in [1.807, 2.05) is 23.5 Å². The molecule has 0 radical (unpaired) electrons. The molecule has 234 valence electrons. The summed E-state index contributed by atoms with van der Waals surface area (Å²) in [6, 6.07) is 62.3. The lowest BCUT2D eigenvalue weighted by molar-refractivity contribution is 1.18. The lowest BCUT2D eigenvalue weighted by Crippen LogP contribution is -1.95. The predicted molar refractivity (Wildman–Crippen MR) is 211 cm³/mol. The van der Waals surface area contributed by atoms with E-state index in [0.717, 1.165) is 28.1 Å². The molecule has 0 fully saturated rings. The molecular weight excluding hydrogens is 627 g/mol. The van der Waals surface area contributed by atoms with Crippen molar-refractivity contribution in [3.05, 3.63) is 176 Å². The highest BCUT2D eigenvalue weighted by molar-refractivity contribution is 7.27. The van der Waals surface area contributed by atoms with Crippen molar-refractivity contribution in [1.29, 1.82) is 0 Å². The van der Waals surface area contributed by atoms with E-state index in [0.29, 0.717) is 5.82 Å². The summed E-state index contributed by atoms with van der Waals surface area (Å²) in [4.78, 5) is 10.1. The first-order chi connectivity index (χ1) is 24.8. The van der Waals surface area contributed by atoms with Gasteiger partial charge < -0.3 is 4.57 Å². The molecule has 0 bridgehead atoms. The Morgan fingerprint density at radius 2 is 0.980 bits per heavy atom. The first kappa shape index (κ1) is 28.6. The minimum Gasteiger partial charge on any atom is -0.309 e. The van der Waals surface area contributed by atoms with Gasteiger partial charge in [-0.3, -0.25) is 0 Å². The van der Waals surface area contributed by atoms with Gasteiger partial charge in [-0.2, -0.15) is 0 Å². The van der Waals surface area contributed by atoms with Crippen LogP contribution in [0.4, 0.5) is 0 Å². The highest BCUT2D eigenvalue weighted by Crippen LogP contribution is 2.46. The minimum atomic E-state index is 0.717. The summed E-state index contributed by atoms with van der Waals surface area (Å²) >= 11 is 1.90. The van der Waals surface area contributed by atoms with E-state index < -0.39 is 0 Å². The number of hydrogen-bond donors (Lipinski definition) is 0. The van der Waals surface area contributed by atoms with E-state index in [4.69, 9.17) is 9.97 Å². The van der Waals surface area contributed by atoms with Crippen LogP contribution < -0.4 is 0 Å². The molecule has 0 amide bonds. The van der Waals surface area contributed by atoms with Gasteiger partial charge in [-0.25, -0.2) is 9.97 Å². The number of aromatic nitrogens is 3. The molecule has 0 aliphatic rings. The summed E-state index contributed by atoms with van der Waals surface area (Å²) in [7, 11) is 0. The van der Waals surface area contributed by atoms with Crippen LogP contribution >= 0.6 is 11.3 Å². The molecule has 10 aromatic rings. The van der Waals surface area contributed by atoms with Gasteiger partial charge in [-0.05, 0) is 41.5 Å². The van der Waals surface area contributed by atoms with Gasteiger partial charge in [0.1, 0.15) is 0 Å². The van der Waals surface area contributed by atoms with Crippen LogP contribution in [0.1, 0.15) is 0 Å². The quantitative estimate of drug-likeness (QED) is 0.185. The summed E-state index contributed by atoms with van der Waals surface area (Å²) in [5, 5.41) is 5.18. The van der Waals surface area contributed by atoms with Gasteiger partial charge in [0.05, 0.1) is 22.4 Å². The van der Waals surface area contributed by atoms with Gasteiger partial charge in [0.2, 0.25) is 0 Å². The number of rotatable bonds is 5. The van der Waals surface area contributed by atoms with E-state index in [2.05, 4.69) is 168 Å². The van der Waals surface area contributed by atoms with Crippen molar-refractivity contribution in [2.24, 2.45) is 0 Å². The Morgan fingerprint density at radius 3 is 1.68 bits per heavy atom. The third-order valence-electron chi connectivity index (χ3n) is 9.63. The third kappa shape index (κ3) is 4.65. The fourth-order valence-corrected chi connectivity index (χ4v) is 8.67. The second-order valence-corrected chi connectivity index (χ2v) is 13.6. The molecule has 0 spiro atoms. The highest BCUT2D eigenvalue weighted by Gasteiger charge is 2.19. The van der Waals surface area contributed by atoms with E-state index in [-0.39, 0.29) is 0 Å². The second-order valence-electron chi connectivity index (χ2n) is 12.6. The zero-order valence-electron chi connectivity index (χ0n) is 27.0. The SMILES string of the molecule is c1ccc(-c2cc(-c3ccccc3)nc(-c3ccc(-c4cccc5c4sc4c5ccc5c4c4ccccc4n5-c4ccccc4)cc3)n2)cc1. The molecule has 10 rings (SSSR count). The highest BCUT2D eigenvalue weighted by atomic mass is 32.1. The van der Waals surface area contributed by atoms with Crippen LogP contribution in [-0.4, -0.2) is 14.5 Å². The Morgan fingerprint density at radius 1 is 0.400 bits per heavy atom. The summed E-state index contributed by atoms with van der Waals surface area (Å²) in [6.07, 6.45) is 0. The van der Waals surface area contributed by atoms with Crippen molar-refractivity contribution in [1.82, 2.24) is 14.5 Å². The summed E-state index contributed by atoms with van der Waals surface area (Å²) in [5.41, 5.74) is 11.0. The molecule has 50 heavy (non-hydrogen) atoms. The largest absolute Gasteiger partial charge is 0.309 e. The maximum absolute atomic E-state index is 5.05. The number of fused-ring (bicyclic) bond motifs is 7. The number of benzene rings is 7. The Balaban J connectivity index is 1.11. The topological polar surface area (TPSA) is 30.7 Å². The van der Waals surface area contributed by atoms with Crippen LogP contribution in [0.25, 0.3) is 92.7 Å². The zero-order valence-corrected chi connectivity index (χ0v) is 27.8. The van der Waals surface area contributed by atoms with E-state index >= 15 is 0 Å². The molecule has 4 heteroatoms. The predicted octanol–water partition coefficient (Wildman–Crippen LogP) is 12.6.